The van der Waals surface area contributed by atoms with Crippen LogP contribution >= 0.6 is 0 Å². The predicted molar refractivity (Wildman–Crippen MR) is 71.0 cm³/mol. The first-order valence-corrected chi connectivity index (χ1v) is 7.57. The van der Waals surface area contributed by atoms with Crippen LogP contribution in [0, 0.1) is 11.3 Å². The molecule has 0 unspecified atom stereocenters. The summed E-state index contributed by atoms with van der Waals surface area (Å²) in [4.78, 5) is 0. The van der Waals surface area contributed by atoms with Gasteiger partial charge in [-0.2, -0.15) is 5.26 Å². The van der Waals surface area contributed by atoms with E-state index < -0.39 is 9.84 Å². The second-order valence-electron chi connectivity index (χ2n) is 4.13. The van der Waals surface area contributed by atoms with E-state index in [1.165, 1.54) is 0 Å². The number of sulfone groups is 1. The van der Waals surface area contributed by atoms with Gasteiger partial charge in [0.2, 0.25) is 0 Å². The summed E-state index contributed by atoms with van der Waals surface area (Å²) in [5.74, 6) is 0.291. The van der Waals surface area contributed by atoms with Crippen molar-refractivity contribution in [3.8, 4) is 6.07 Å². The highest BCUT2D eigenvalue weighted by molar-refractivity contribution is 7.91. The fourth-order valence-electron chi connectivity index (χ4n) is 1.83. The summed E-state index contributed by atoms with van der Waals surface area (Å²) in [6.07, 6.45) is 1.86. The molecule has 0 saturated heterocycles. The van der Waals surface area contributed by atoms with Gasteiger partial charge in [-0.25, -0.2) is 8.42 Å². The molecule has 0 aliphatic heterocycles. The van der Waals surface area contributed by atoms with Crippen LogP contribution in [0.4, 0.5) is 0 Å². The Morgan fingerprint density at radius 3 is 2.78 bits per heavy atom. The fourth-order valence-corrected chi connectivity index (χ4v) is 2.59. The Bertz CT molecular complexity index is 708. The van der Waals surface area contributed by atoms with Crippen molar-refractivity contribution in [3.05, 3.63) is 36.0 Å². The summed E-state index contributed by atoms with van der Waals surface area (Å²) >= 11 is 0. The maximum Gasteiger partial charge on any atom is 0.151 e. The van der Waals surface area contributed by atoms with Crippen LogP contribution in [0.1, 0.15) is 12.5 Å². The highest BCUT2D eigenvalue weighted by Gasteiger charge is 2.09. The molecule has 0 amide bonds. The summed E-state index contributed by atoms with van der Waals surface area (Å²) in [5.41, 5.74) is 1.49. The number of hydrogen-bond acceptors (Lipinski definition) is 3. The second kappa shape index (κ2) is 4.83. The lowest BCUT2D eigenvalue weighted by Gasteiger charge is -2.05. The molecular weight excluding hydrogens is 248 g/mol. The average molecular weight is 262 g/mol. The van der Waals surface area contributed by atoms with Gasteiger partial charge in [0.1, 0.15) is 0 Å². The van der Waals surface area contributed by atoms with Gasteiger partial charge in [0, 0.05) is 24.0 Å². The van der Waals surface area contributed by atoms with E-state index in [-0.39, 0.29) is 11.5 Å². The first-order valence-electron chi connectivity index (χ1n) is 5.75. The van der Waals surface area contributed by atoms with E-state index in [1.807, 2.05) is 22.9 Å². The Kier molecular flexibility index (Phi) is 3.39. The van der Waals surface area contributed by atoms with Crippen molar-refractivity contribution in [3.63, 3.8) is 0 Å². The molecule has 0 bridgehead atoms. The van der Waals surface area contributed by atoms with Crippen molar-refractivity contribution in [2.75, 3.05) is 11.5 Å². The van der Waals surface area contributed by atoms with E-state index in [4.69, 9.17) is 5.26 Å². The molecule has 2 rings (SSSR count). The zero-order valence-electron chi connectivity index (χ0n) is 10.1. The maximum atomic E-state index is 11.5. The number of aryl methyl sites for hydroxylation is 1. The minimum absolute atomic E-state index is 0.129. The smallest absolute Gasteiger partial charge is 0.151 e. The molecule has 2 aromatic rings. The zero-order valence-corrected chi connectivity index (χ0v) is 10.9. The third-order valence-electron chi connectivity index (χ3n) is 2.99. The first-order chi connectivity index (χ1) is 8.55. The fraction of sp³-hybridized carbons (Fsp3) is 0.308. The normalized spacial score (nSPS) is 11.6. The molecule has 94 valence electrons. The van der Waals surface area contributed by atoms with Gasteiger partial charge in [-0.3, -0.25) is 0 Å². The summed E-state index contributed by atoms with van der Waals surface area (Å²) in [6.45, 7) is 2.07. The van der Waals surface area contributed by atoms with Gasteiger partial charge in [-0.1, -0.05) is 13.0 Å². The Morgan fingerprint density at radius 1 is 1.33 bits per heavy atom. The number of benzene rings is 1. The highest BCUT2D eigenvalue weighted by Crippen LogP contribution is 2.17. The number of fused-ring (bicyclic) bond motifs is 1. The van der Waals surface area contributed by atoms with Gasteiger partial charge in [0.15, 0.2) is 9.84 Å². The Labute approximate surface area is 106 Å². The number of nitriles is 1. The molecule has 1 aromatic heterocycles. The zero-order chi connectivity index (χ0) is 13.2. The first kappa shape index (κ1) is 12.7. The van der Waals surface area contributed by atoms with Gasteiger partial charge in [0.25, 0.3) is 0 Å². The van der Waals surface area contributed by atoms with Crippen molar-refractivity contribution >= 4 is 20.7 Å². The van der Waals surface area contributed by atoms with Crippen LogP contribution in [-0.4, -0.2) is 24.5 Å². The predicted octanol–water partition coefficient (Wildman–Crippen LogP) is 1.95. The minimum atomic E-state index is -2.97. The molecule has 0 aliphatic rings. The monoisotopic (exact) mass is 262 g/mol. The van der Waals surface area contributed by atoms with Crippen LogP contribution in [0.5, 0.6) is 0 Å². The van der Waals surface area contributed by atoms with Crippen molar-refractivity contribution in [2.24, 2.45) is 0 Å². The van der Waals surface area contributed by atoms with Crippen molar-refractivity contribution < 1.29 is 8.42 Å². The Hall–Kier alpha value is -1.80. The number of rotatable bonds is 4. The Balaban J connectivity index is 2.32. The number of aromatic nitrogens is 1. The van der Waals surface area contributed by atoms with Gasteiger partial charge in [-0.15, -0.1) is 0 Å². The molecule has 1 heterocycles. The largest absolute Gasteiger partial charge is 0.346 e. The molecule has 0 spiro atoms. The van der Waals surface area contributed by atoms with E-state index >= 15 is 0 Å². The molecule has 0 fully saturated rings. The summed E-state index contributed by atoms with van der Waals surface area (Å²) in [5, 5.41) is 9.88. The molecule has 4 nitrogen and oxygen atoms in total. The van der Waals surface area contributed by atoms with Gasteiger partial charge in [-0.05, 0) is 23.6 Å². The lowest BCUT2D eigenvalue weighted by atomic mass is 10.2. The second-order valence-corrected chi connectivity index (χ2v) is 6.60. The van der Waals surface area contributed by atoms with Crippen LogP contribution in [0.15, 0.2) is 30.5 Å². The molecule has 18 heavy (non-hydrogen) atoms. The van der Waals surface area contributed by atoms with E-state index in [2.05, 4.69) is 6.07 Å². The topological polar surface area (TPSA) is 62.9 Å². The van der Waals surface area contributed by atoms with Gasteiger partial charge in [0.05, 0.1) is 17.4 Å². The molecule has 0 radical (unpaired) electrons. The van der Waals surface area contributed by atoms with E-state index in [9.17, 15) is 8.42 Å². The number of hydrogen-bond donors (Lipinski definition) is 0. The highest BCUT2D eigenvalue weighted by atomic mass is 32.2. The van der Waals surface area contributed by atoms with E-state index in [0.29, 0.717) is 12.1 Å². The van der Waals surface area contributed by atoms with Gasteiger partial charge >= 0.3 is 0 Å². The average Bonchev–Trinajstić information content (AvgIpc) is 2.78. The Morgan fingerprint density at radius 2 is 2.11 bits per heavy atom. The minimum Gasteiger partial charge on any atom is -0.346 e. The SMILES string of the molecule is CCS(=O)(=O)CCn1ccc2ccc(C#N)cc21. The van der Waals surface area contributed by atoms with Gasteiger partial charge < -0.3 is 4.57 Å². The van der Waals surface area contributed by atoms with Crippen molar-refractivity contribution in [2.45, 2.75) is 13.5 Å². The quantitative estimate of drug-likeness (QED) is 0.846. The molecule has 0 aliphatic carbocycles. The summed E-state index contributed by atoms with van der Waals surface area (Å²) in [6, 6.07) is 9.43. The number of nitrogens with zero attached hydrogens (tertiary/aromatic N) is 2. The van der Waals surface area contributed by atoms with Crippen LogP contribution in [0.3, 0.4) is 0 Å². The lowest BCUT2D eigenvalue weighted by molar-refractivity contribution is 0.591. The summed E-state index contributed by atoms with van der Waals surface area (Å²) in [7, 11) is -2.97. The van der Waals surface area contributed by atoms with Crippen LogP contribution < -0.4 is 0 Å². The third kappa shape index (κ3) is 2.54. The molecule has 5 heteroatoms. The van der Waals surface area contributed by atoms with Crippen LogP contribution in [0.25, 0.3) is 10.9 Å². The van der Waals surface area contributed by atoms with E-state index in [0.717, 1.165) is 10.9 Å². The molecule has 0 N–H and O–H groups in total. The molecular formula is C13H14N2O2S. The standard InChI is InChI=1S/C13H14N2O2S/c1-2-18(16,17)8-7-15-6-5-12-4-3-11(10-14)9-13(12)15/h3-6,9H,2,7-8H2,1H3. The van der Waals surface area contributed by atoms with Crippen LogP contribution in [-0.2, 0) is 16.4 Å². The molecule has 1 aromatic carbocycles. The van der Waals surface area contributed by atoms with Crippen LogP contribution in [0.2, 0.25) is 0 Å². The molecule has 0 atom stereocenters. The van der Waals surface area contributed by atoms with Crippen molar-refractivity contribution in [1.29, 1.82) is 5.26 Å². The lowest BCUT2D eigenvalue weighted by Crippen LogP contribution is -2.14. The third-order valence-corrected chi connectivity index (χ3v) is 4.67. The summed E-state index contributed by atoms with van der Waals surface area (Å²) < 4.78 is 24.9. The van der Waals surface area contributed by atoms with Crippen molar-refractivity contribution in [1.82, 2.24) is 4.57 Å². The van der Waals surface area contributed by atoms with E-state index in [1.54, 1.807) is 19.1 Å². The maximum absolute atomic E-state index is 11.5. The molecule has 0 saturated carbocycles.